The molecule has 1 aliphatic carbocycles. The Morgan fingerprint density at radius 2 is 1.79 bits per heavy atom. The van der Waals surface area contributed by atoms with Crippen molar-refractivity contribution in [3.05, 3.63) is 65.5 Å². The van der Waals surface area contributed by atoms with Crippen molar-refractivity contribution in [2.24, 2.45) is 0 Å². The molecule has 0 saturated heterocycles. The third kappa shape index (κ3) is 3.56. The fourth-order valence-corrected chi connectivity index (χ4v) is 5.01. The van der Waals surface area contributed by atoms with E-state index in [2.05, 4.69) is 5.32 Å². The average Bonchev–Trinajstić information content (AvgIpc) is 2.94. The van der Waals surface area contributed by atoms with Gasteiger partial charge in [-0.25, -0.2) is 4.39 Å². The number of likely N-dealkylation sites (N-methyl/N-ethyl adjacent to an activating group) is 1. The smallest absolute Gasteiger partial charge is 0.238 e. The summed E-state index contributed by atoms with van der Waals surface area (Å²) in [6, 6.07) is 13.8. The van der Waals surface area contributed by atoms with Gasteiger partial charge in [0.15, 0.2) is 0 Å². The summed E-state index contributed by atoms with van der Waals surface area (Å²) in [6.07, 6.45) is 3.65. The number of aliphatic hydroxyl groups excluding tert-OH is 1. The summed E-state index contributed by atoms with van der Waals surface area (Å²) in [5.41, 5.74) is 1.27. The van der Waals surface area contributed by atoms with Gasteiger partial charge in [-0.15, -0.1) is 12.4 Å². The second-order valence-corrected chi connectivity index (χ2v) is 7.93. The molecule has 2 aliphatic rings. The number of amides is 1. The molecule has 1 amide bonds. The van der Waals surface area contributed by atoms with E-state index in [9.17, 15) is 9.90 Å². The number of carbonyl (C=O) groups is 1. The van der Waals surface area contributed by atoms with Crippen molar-refractivity contribution in [1.82, 2.24) is 5.32 Å². The van der Waals surface area contributed by atoms with E-state index in [4.69, 9.17) is 0 Å². The van der Waals surface area contributed by atoms with E-state index in [0.29, 0.717) is 12.2 Å². The molecule has 1 aliphatic heterocycles. The Kier molecular flexibility index (Phi) is 6.62. The molecular formula is C23H28ClFN2O2. The number of aliphatic hydroxyl groups is 1. The molecule has 4 rings (SSSR count). The minimum absolute atomic E-state index is 0. The Morgan fingerprint density at radius 3 is 2.45 bits per heavy atom. The Balaban J connectivity index is 0.00000240. The molecule has 0 unspecified atom stereocenters. The van der Waals surface area contributed by atoms with Gasteiger partial charge >= 0.3 is 0 Å². The molecule has 1 spiro atoms. The molecule has 4 nitrogen and oxygen atoms in total. The zero-order valence-corrected chi connectivity index (χ0v) is 17.4. The lowest BCUT2D eigenvalue weighted by molar-refractivity contribution is -0.125. The number of nitrogens with zero attached hydrogens (tertiary/aromatic N) is 1. The molecule has 0 aromatic heterocycles. The summed E-state index contributed by atoms with van der Waals surface area (Å²) in [5.74, 6) is -0.470. The summed E-state index contributed by atoms with van der Waals surface area (Å²) in [5, 5.41) is 13.9. The number of para-hydroxylation sites is 1. The van der Waals surface area contributed by atoms with E-state index in [1.165, 1.54) is 6.07 Å². The molecule has 2 N–H and O–H groups in total. The SMILES string of the molecule is CNC[C@@H](O)[C@H](c1ccccc1)N1C(=O)C2(CCCCC2)c2cccc(F)c21.Cl. The summed E-state index contributed by atoms with van der Waals surface area (Å²) in [7, 11) is 1.76. The van der Waals surface area contributed by atoms with Crippen LogP contribution in [0.2, 0.25) is 0 Å². The first-order valence-corrected chi connectivity index (χ1v) is 10.1. The first kappa shape index (κ1) is 21.8. The predicted octanol–water partition coefficient (Wildman–Crippen LogP) is 4.12. The van der Waals surface area contributed by atoms with Crippen LogP contribution in [0.1, 0.15) is 49.3 Å². The lowest BCUT2D eigenvalue weighted by Gasteiger charge is -2.36. The molecule has 2 atom stereocenters. The Hall–Kier alpha value is -1.95. The lowest BCUT2D eigenvalue weighted by atomic mass is 9.70. The molecule has 1 heterocycles. The van der Waals surface area contributed by atoms with Crippen LogP contribution in [0.25, 0.3) is 0 Å². The quantitative estimate of drug-likeness (QED) is 0.768. The molecule has 29 heavy (non-hydrogen) atoms. The van der Waals surface area contributed by atoms with E-state index >= 15 is 4.39 Å². The highest BCUT2D eigenvalue weighted by Gasteiger charge is 2.54. The topological polar surface area (TPSA) is 52.6 Å². The number of carbonyl (C=O) groups excluding carboxylic acids is 1. The minimum atomic E-state index is -0.859. The summed E-state index contributed by atoms with van der Waals surface area (Å²) >= 11 is 0. The van der Waals surface area contributed by atoms with Gasteiger partial charge in [0.2, 0.25) is 5.91 Å². The molecule has 1 saturated carbocycles. The maximum atomic E-state index is 15.1. The van der Waals surface area contributed by atoms with Crippen molar-refractivity contribution < 1.29 is 14.3 Å². The number of hydrogen-bond acceptors (Lipinski definition) is 3. The van der Waals surface area contributed by atoms with Gasteiger partial charge in [-0.2, -0.15) is 0 Å². The van der Waals surface area contributed by atoms with Crippen molar-refractivity contribution in [1.29, 1.82) is 0 Å². The van der Waals surface area contributed by atoms with Crippen LogP contribution in [-0.2, 0) is 10.2 Å². The second kappa shape index (κ2) is 8.82. The number of rotatable bonds is 5. The van der Waals surface area contributed by atoms with Gasteiger partial charge in [-0.3, -0.25) is 9.69 Å². The number of benzene rings is 2. The molecule has 0 bridgehead atoms. The predicted molar refractivity (Wildman–Crippen MR) is 115 cm³/mol. The van der Waals surface area contributed by atoms with Crippen LogP contribution in [0.15, 0.2) is 48.5 Å². The van der Waals surface area contributed by atoms with E-state index in [-0.39, 0.29) is 18.3 Å². The number of anilines is 1. The van der Waals surface area contributed by atoms with Gasteiger partial charge in [-0.05, 0) is 37.1 Å². The summed E-state index contributed by atoms with van der Waals surface area (Å²) in [4.78, 5) is 15.4. The van der Waals surface area contributed by atoms with Crippen LogP contribution in [0.3, 0.4) is 0 Å². The van der Waals surface area contributed by atoms with E-state index in [0.717, 1.165) is 43.2 Å². The van der Waals surface area contributed by atoms with Crippen molar-refractivity contribution in [3.8, 4) is 0 Å². The number of nitrogens with one attached hydrogen (secondary N) is 1. The van der Waals surface area contributed by atoms with Crippen LogP contribution in [0.4, 0.5) is 10.1 Å². The number of hydrogen-bond donors (Lipinski definition) is 2. The molecule has 1 fully saturated rings. The normalized spacial score (nSPS) is 19.6. The highest BCUT2D eigenvalue weighted by atomic mass is 35.5. The molecule has 2 aromatic rings. The van der Waals surface area contributed by atoms with Gasteiger partial charge in [0, 0.05) is 6.54 Å². The molecular weight excluding hydrogens is 391 g/mol. The fourth-order valence-electron chi connectivity index (χ4n) is 5.01. The zero-order chi connectivity index (χ0) is 19.7. The van der Waals surface area contributed by atoms with Crippen molar-refractivity contribution in [2.45, 2.75) is 49.7 Å². The maximum absolute atomic E-state index is 15.1. The number of halogens is 2. The minimum Gasteiger partial charge on any atom is -0.389 e. The zero-order valence-electron chi connectivity index (χ0n) is 16.6. The Labute approximate surface area is 177 Å². The summed E-state index contributed by atoms with van der Waals surface area (Å²) in [6.45, 7) is 0.306. The van der Waals surface area contributed by atoms with Gasteiger partial charge in [0.25, 0.3) is 0 Å². The average molecular weight is 419 g/mol. The molecule has 156 valence electrons. The van der Waals surface area contributed by atoms with Gasteiger partial charge in [0.1, 0.15) is 5.82 Å². The second-order valence-electron chi connectivity index (χ2n) is 7.93. The van der Waals surface area contributed by atoms with Gasteiger partial charge in [-0.1, -0.05) is 61.7 Å². The fraction of sp³-hybridized carbons (Fsp3) is 0.435. The van der Waals surface area contributed by atoms with Gasteiger partial charge < -0.3 is 10.4 Å². The first-order valence-electron chi connectivity index (χ1n) is 10.1. The van der Waals surface area contributed by atoms with Crippen molar-refractivity contribution in [2.75, 3.05) is 18.5 Å². The van der Waals surface area contributed by atoms with Crippen LogP contribution >= 0.6 is 12.4 Å². The van der Waals surface area contributed by atoms with E-state index in [1.54, 1.807) is 18.0 Å². The molecule has 6 heteroatoms. The van der Waals surface area contributed by atoms with Gasteiger partial charge in [0.05, 0.1) is 23.2 Å². The van der Waals surface area contributed by atoms with Crippen molar-refractivity contribution >= 4 is 24.0 Å². The Bertz CT molecular complexity index is 855. The van der Waals surface area contributed by atoms with Crippen LogP contribution in [0, 0.1) is 5.82 Å². The van der Waals surface area contributed by atoms with E-state index < -0.39 is 23.4 Å². The standard InChI is InChI=1S/C23H27FN2O2.ClH/c1-25-15-19(27)20(16-9-4-2-5-10-16)26-21-17(11-8-12-18(21)24)23(22(26)28)13-6-3-7-14-23;/h2,4-5,8-12,19-20,25,27H,3,6-7,13-15H2,1H3;1H/t19-,20+;/m1./s1. The van der Waals surface area contributed by atoms with Crippen LogP contribution < -0.4 is 10.2 Å². The molecule has 2 aromatic carbocycles. The third-order valence-corrected chi connectivity index (χ3v) is 6.28. The molecule has 0 radical (unpaired) electrons. The lowest BCUT2D eigenvalue weighted by Crippen LogP contribution is -2.48. The van der Waals surface area contributed by atoms with E-state index in [1.807, 2.05) is 36.4 Å². The number of fused-ring (bicyclic) bond motifs is 2. The van der Waals surface area contributed by atoms with Crippen LogP contribution in [0.5, 0.6) is 0 Å². The van der Waals surface area contributed by atoms with Crippen LogP contribution in [-0.4, -0.2) is 30.7 Å². The largest absolute Gasteiger partial charge is 0.389 e. The monoisotopic (exact) mass is 418 g/mol. The highest BCUT2D eigenvalue weighted by Crippen LogP contribution is 2.53. The first-order chi connectivity index (χ1) is 13.6. The van der Waals surface area contributed by atoms with Crippen molar-refractivity contribution in [3.63, 3.8) is 0 Å². The highest BCUT2D eigenvalue weighted by molar-refractivity contribution is 6.09. The third-order valence-electron chi connectivity index (χ3n) is 6.28. The Morgan fingerprint density at radius 1 is 1.10 bits per heavy atom. The summed E-state index contributed by atoms with van der Waals surface area (Å²) < 4.78 is 15.1. The maximum Gasteiger partial charge on any atom is 0.238 e.